The lowest BCUT2D eigenvalue weighted by Gasteiger charge is -2.09. The van der Waals surface area contributed by atoms with E-state index in [9.17, 15) is 4.79 Å². The van der Waals surface area contributed by atoms with Crippen LogP contribution >= 0.6 is 0 Å². The Morgan fingerprint density at radius 1 is 1.04 bits per heavy atom. The zero-order valence-electron chi connectivity index (χ0n) is 16.1. The van der Waals surface area contributed by atoms with Crippen molar-refractivity contribution >= 4 is 5.97 Å². The van der Waals surface area contributed by atoms with Crippen molar-refractivity contribution in [3.63, 3.8) is 0 Å². The number of aliphatic hydroxyl groups excluding tert-OH is 2. The summed E-state index contributed by atoms with van der Waals surface area (Å²) < 4.78 is 14.4. The summed E-state index contributed by atoms with van der Waals surface area (Å²) in [6.45, 7) is 8.69. The summed E-state index contributed by atoms with van der Waals surface area (Å²) in [5, 5.41) is 17.1. The monoisotopic (exact) mass is 362 g/mol. The number of hydrogen-bond donors (Lipinski definition) is 2. The van der Waals surface area contributed by atoms with Gasteiger partial charge in [-0.3, -0.25) is 0 Å². The molecule has 0 spiro atoms. The second kappa shape index (κ2) is 23.1. The molecule has 1 unspecified atom stereocenters. The van der Waals surface area contributed by atoms with Gasteiger partial charge < -0.3 is 24.4 Å². The highest BCUT2D eigenvalue weighted by Crippen LogP contribution is 2.08. The van der Waals surface area contributed by atoms with Gasteiger partial charge in [0.15, 0.2) is 6.29 Å². The zero-order valence-corrected chi connectivity index (χ0v) is 16.1. The Morgan fingerprint density at radius 2 is 1.64 bits per heavy atom. The van der Waals surface area contributed by atoms with Crippen molar-refractivity contribution in [1.82, 2.24) is 0 Å². The molecule has 0 aliphatic rings. The van der Waals surface area contributed by atoms with Gasteiger partial charge in [-0.1, -0.05) is 58.4 Å². The average Bonchev–Trinajstić information content (AvgIpc) is 2.61. The van der Waals surface area contributed by atoms with Crippen molar-refractivity contribution in [2.75, 3.05) is 33.0 Å². The van der Waals surface area contributed by atoms with E-state index in [-0.39, 0.29) is 25.8 Å². The summed E-state index contributed by atoms with van der Waals surface area (Å²) in [7, 11) is 0. The second-order valence-corrected chi connectivity index (χ2v) is 5.56. The molecular weight excluding hydrogens is 324 g/mol. The normalized spacial score (nSPS) is 11.4. The first-order chi connectivity index (χ1) is 12.1. The lowest BCUT2D eigenvalue weighted by molar-refractivity contribution is -0.137. The van der Waals surface area contributed by atoms with Crippen LogP contribution in [0.15, 0.2) is 12.7 Å². The van der Waals surface area contributed by atoms with Gasteiger partial charge in [0.1, 0.15) is 0 Å². The second-order valence-electron chi connectivity index (χ2n) is 5.56. The van der Waals surface area contributed by atoms with Crippen molar-refractivity contribution in [2.24, 2.45) is 0 Å². The van der Waals surface area contributed by atoms with Gasteiger partial charge in [0.2, 0.25) is 0 Å². The van der Waals surface area contributed by atoms with Crippen LogP contribution in [0.2, 0.25) is 0 Å². The number of aliphatic hydroxyl groups is 2. The lowest BCUT2D eigenvalue weighted by Crippen LogP contribution is -2.19. The van der Waals surface area contributed by atoms with E-state index in [1.54, 1.807) is 6.92 Å². The largest absolute Gasteiger partial charge is 0.463 e. The number of esters is 1. The molecule has 0 fully saturated rings. The van der Waals surface area contributed by atoms with E-state index in [0.717, 1.165) is 12.8 Å². The Labute approximate surface area is 153 Å². The van der Waals surface area contributed by atoms with E-state index in [4.69, 9.17) is 24.4 Å². The van der Waals surface area contributed by atoms with Crippen LogP contribution in [0.5, 0.6) is 0 Å². The molecular formula is C19H38O6. The highest BCUT2D eigenvalue weighted by molar-refractivity contribution is 5.81. The van der Waals surface area contributed by atoms with Gasteiger partial charge in [0.05, 0.1) is 26.4 Å². The Bertz CT molecular complexity index is 283. The highest BCUT2D eigenvalue weighted by Gasteiger charge is 2.00. The van der Waals surface area contributed by atoms with Gasteiger partial charge in [-0.2, -0.15) is 0 Å². The molecule has 6 nitrogen and oxygen atoms in total. The van der Waals surface area contributed by atoms with Crippen LogP contribution in [0.3, 0.4) is 0 Å². The van der Waals surface area contributed by atoms with Gasteiger partial charge in [-0.15, -0.1) is 0 Å². The summed E-state index contributed by atoms with van der Waals surface area (Å²) in [5.74, 6) is -0.307. The van der Waals surface area contributed by atoms with Gasteiger partial charge in [0, 0.05) is 12.7 Å². The third-order valence-electron chi connectivity index (χ3n) is 3.26. The molecule has 0 amide bonds. The fourth-order valence-corrected chi connectivity index (χ4v) is 1.96. The van der Waals surface area contributed by atoms with Gasteiger partial charge in [-0.05, 0) is 13.3 Å². The standard InChI is InChI=1S/C13H24O2.C6H14O4/c1-3-5-6-7-8-9-10-11-12-15-13(14)4-2;1-2-10-6(8)5-9-4-3-7/h4H,2-3,5-12H2,1H3;6-8H,2-5H2,1H3. The van der Waals surface area contributed by atoms with E-state index in [1.165, 1.54) is 44.6 Å². The number of carbonyl (C=O) groups is 1. The Balaban J connectivity index is 0. The third-order valence-corrected chi connectivity index (χ3v) is 3.26. The zero-order chi connectivity index (χ0) is 19.2. The molecule has 25 heavy (non-hydrogen) atoms. The van der Waals surface area contributed by atoms with Crippen molar-refractivity contribution in [2.45, 2.75) is 71.5 Å². The van der Waals surface area contributed by atoms with E-state index in [1.807, 2.05) is 0 Å². The van der Waals surface area contributed by atoms with Crippen LogP contribution in [0, 0.1) is 0 Å². The number of hydrogen-bond acceptors (Lipinski definition) is 6. The molecule has 2 N–H and O–H groups in total. The molecule has 0 bridgehead atoms. The van der Waals surface area contributed by atoms with Crippen molar-refractivity contribution in [3.05, 3.63) is 12.7 Å². The van der Waals surface area contributed by atoms with E-state index < -0.39 is 6.29 Å². The predicted octanol–water partition coefficient (Wildman–Crippen LogP) is 3.21. The number of ether oxygens (including phenoxy) is 3. The molecule has 0 aromatic rings. The first-order valence-corrected chi connectivity index (χ1v) is 9.39. The molecule has 150 valence electrons. The Morgan fingerprint density at radius 3 is 2.16 bits per heavy atom. The maximum absolute atomic E-state index is 10.7. The minimum Gasteiger partial charge on any atom is -0.463 e. The molecule has 0 radical (unpaired) electrons. The fraction of sp³-hybridized carbons (Fsp3) is 0.842. The number of rotatable bonds is 16. The van der Waals surface area contributed by atoms with Crippen molar-refractivity contribution < 1.29 is 29.2 Å². The van der Waals surface area contributed by atoms with Gasteiger partial charge in [0.25, 0.3) is 0 Å². The van der Waals surface area contributed by atoms with Crippen LogP contribution in [0.1, 0.15) is 65.2 Å². The van der Waals surface area contributed by atoms with Gasteiger partial charge >= 0.3 is 5.97 Å². The summed E-state index contributed by atoms with van der Waals surface area (Å²) in [6, 6.07) is 0. The predicted molar refractivity (Wildman–Crippen MR) is 99.3 cm³/mol. The third kappa shape index (κ3) is 25.4. The maximum Gasteiger partial charge on any atom is 0.330 e. The summed E-state index contributed by atoms with van der Waals surface area (Å²) >= 11 is 0. The highest BCUT2D eigenvalue weighted by atomic mass is 16.6. The number of carbonyl (C=O) groups excluding carboxylic acids is 1. The van der Waals surface area contributed by atoms with Crippen LogP contribution in [-0.2, 0) is 19.0 Å². The fourth-order valence-electron chi connectivity index (χ4n) is 1.96. The van der Waals surface area contributed by atoms with Crippen molar-refractivity contribution in [3.8, 4) is 0 Å². The smallest absolute Gasteiger partial charge is 0.330 e. The molecule has 0 aliphatic carbocycles. The molecule has 0 saturated heterocycles. The van der Waals surface area contributed by atoms with E-state index in [2.05, 4.69) is 13.5 Å². The quantitative estimate of drug-likeness (QED) is 0.190. The molecule has 0 aliphatic heterocycles. The maximum atomic E-state index is 10.7. The Hall–Kier alpha value is -0.950. The lowest BCUT2D eigenvalue weighted by atomic mass is 10.1. The van der Waals surface area contributed by atoms with Crippen LogP contribution < -0.4 is 0 Å². The molecule has 0 heterocycles. The van der Waals surface area contributed by atoms with Gasteiger partial charge in [-0.25, -0.2) is 4.79 Å². The SMILES string of the molecule is C=CC(=O)OCCCCCCCCCC.CCOC(O)COCCO. The molecule has 0 rings (SSSR count). The molecule has 1 atom stereocenters. The topological polar surface area (TPSA) is 85.2 Å². The van der Waals surface area contributed by atoms with Crippen LogP contribution in [0.25, 0.3) is 0 Å². The molecule has 0 aromatic carbocycles. The summed E-state index contributed by atoms with van der Waals surface area (Å²) in [6.07, 6.45) is 10.4. The van der Waals surface area contributed by atoms with E-state index in [0.29, 0.717) is 13.2 Å². The minimum absolute atomic E-state index is 0.0289. The average molecular weight is 363 g/mol. The first-order valence-electron chi connectivity index (χ1n) is 9.39. The molecule has 0 aromatic heterocycles. The summed E-state index contributed by atoms with van der Waals surface area (Å²) in [4.78, 5) is 10.7. The number of unbranched alkanes of at least 4 members (excludes halogenated alkanes) is 7. The first kappa shape index (κ1) is 26.3. The van der Waals surface area contributed by atoms with Crippen LogP contribution in [0.4, 0.5) is 0 Å². The minimum atomic E-state index is -0.864. The van der Waals surface area contributed by atoms with E-state index >= 15 is 0 Å². The molecule has 6 heteroatoms. The Kier molecular flexibility index (Phi) is 24.2. The summed E-state index contributed by atoms with van der Waals surface area (Å²) in [5.41, 5.74) is 0. The molecule has 0 saturated carbocycles. The van der Waals surface area contributed by atoms with Crippen LogP contribution in [-0.4, -0.2) is 55.5 Å². The van der Waals surface area contributed by atoms with Crippen molar-refractivity contribution in [1.29, 1.82) is 0 Å².